The lowest BCUT2D eigenvalue weighted by molar-refractivity contribution is -0.757. The Labute approximate surface area is 122 Å². The molecule has 0 spiro atoms. The number of carbonyl (C=O) groups excluding carboxylic acids is 1. The Kier molecular flexibility index (Phi) is 6.13. The van der Waals surface area contributed by atoms with Crippen molar-refractivity contribution in [1.29, 1.82) is 0 Å². The van der Waals surface area contributed by atoms with Crippen LogP contribution in [0.3, 0.4) is 0 Å². The summed E-state index contributed by atoms with van der Waals surface area (Å²) in [6.45, 7) is -0.274. The van der Waals surface area contributed by atoms with Gasteiger partial charge in [-0.2, -0.15) is 0 Å². The summed E-state index contributed by atoms with van der Waals surface area (Å²) in [5, 5.41) is 21.2. The topological polar surface area (TPSA) is 165 Å². The molecule has 0 saturated heterocycles. The van der Waals surface area contributed by atoms with Gasteiger partial charge in [-0.1, -0.05) is 5.11 Å². The molecule has 0 aliphatic carbocycles. The maximum Gasteiger partial charge on any atom is 0.339 e. The third-order valence-electron chi connectivity index (χ3n) is 2.30. The number of carboxylic acid groups (broad SMARTS) is 1. The molecule has 0 heterocycles. The average Bonchev–Trinajstić information content (AvgIpc) is 2.45. The molecular weight excluding hydrogens is 300 g/mol. The summed E-state index contributed by atoms with van der Waals surface area (Å²) in [5.41, 5.74) is 8.00. The van der Waals surface area contributed by atoms with Crippen molar-refractivity contribution in [3.05, 3.63) is 44.3 Å². The Balaban J connectivity index is 2.71. The highest BCUT2D eigenvalue weighted by Crippen LogP contribution is 2.25. The number of esters is 1. The zero-order valence-corrected chi connectivity index (χ0v) is 11.0. The number of nitrogens with zero attached hydrogens (tertiary/aromatic N) is 4. The Hall–Kier alpha value is -3.33. The molecule has 0 aliphatic heterocycles. The first-order valence-electron chi connectivity index (χ1n) is 5.84. The lowest BCUT2D eigenvalue weighted by Crippen LogP contribution is -2.12. The zero-order valence-electron chi connectivity index (χ0n) is 11.0. The van der Waals surface area contributed by atoms with E-state index in [2.05, 4.69) is 14.9 Å². The SMILES string of the molecule is [N-]=[N+]=Nc1ccc(OC(=O)CCCO[N+](=O)[O-])c(C(=O)O)c1. The van der Waals surface area contributed by atoms with E-state index in [9.17, 15) is 19.7 Å². The van der Waals surface area contributed by atoms with Crippen LogP contribution in [0, 0.1) is 10.1 Å². The number of rotatable bonds is 8. The zero-order chi connectivity index (χ0) is 16.5. The van der Waals surface area contributed by atoms with Crippen LogP contribution in [-0.4, -0.2) is 28.7 Å². The summed E-state index contributed by atoms with van der Waals surface area (Å²) in [7, 11) is 0. The van der Waals surface area contributed by atoms with E-state index in [1.54, 1.807) is 0 Å². The molecule has 116 valence electrons. The smallest absolute Gasteiger partial charge is 0.339 e. The van der Waals surface area contributed by atoms with Crippen LogP contribution in [0.1, 0.15) is 23.2 Å². The molecule has 0 bridgehead atoms. The molecule has 11 heteroatoms. The van der Waals surface area contributed by atoms with Gasteiger partial charge in [0.05, 0.1) is 6.61 Å². The van der Waals surface area contributed by atoms with Crippen molar-refractivity contribution in [3.8, 4) is 5.75 Å². The van der Waals surface area contributed by atoms with Gasteiger partial charge < -0.3 is 14.7 Å². The fourth-order valence-corrected chi connectivity index (χ4v) is 1.42. The number of hydrogen-bond donors (Lipinski definition) is 1. The van der Waals surface area contributed by atoms with Crippen molar-refractivity contribution >= 4 is 17.6 Å². The van der Waals surface area contributed by atoms with Crippen molar-refractivity contribution in [3.63, 3.8) is 0 Å². The molecule has 0 aromatic heterocycles. The summed E-state index contributed by atoms with van der Waals surface area (Å²) in [6, 6.07) is 3.52. The monoisotopic (exact) mass is 310 g/mol. The predicted octanol–water partition coefficient (Wildman–Crippen LogP) is 2.22. The molecule has 0 atom stereocenters. The third kappa shape index (κ3) is 5.35. The molecule has 1 N–H and O–H groups in total. The second-order valence-corrected chi connectivity index (χ2v) is 3.81. The number of carbonyl (C=O) groups is 2. The second-order valence-electron chi connectivity index (χ2n) is 3.81. The highest BCUT2D eigenvalue weighted by Gasteiger charge is 2.15. The number of carboxylic acids is 1. The molecule has 0 amide bonds. The molecule has 1 aromatic rings. The van der Waals surface area contributed by atoms with Crippen molar-refractivity contribution in [2.24, 2.45) is 5.11 Å². The molecule has 0 radical (unpaired) electrons. The van der Waals surface area contributed by atoms with Gasteiger partial charge in [-0.3, -0.25) is 4.79 Å². The number of aromatic carboxylic acids is 1. The van der Waals surface area contributed by atoms with Crippen LogP contribution in [0.15, 0.2) is 23.3 Å². The van der Waals surface area contributed by atoms with Gasteiger partial charge in [0.2, 0.25) is 0 Å². The van der Waals surface area contributed by atoms with Crippen LogP contribution in [-0.2, 0) is 9.63 Å². The van der Waals surface area contributed by atoms with Crippen LogP contribution in [0.5, 0.6) is 5.75 Å². The van der Waals surface area contributed by atoms with E-state index in [1.165, 1.54) is 12.1 Å². The lowest BCUT2D eigenvalue weighted by atomic mass is 10.2. The second kappa shape index (κ2) is 8.07. The predicted molar refractivity (Wildman–Crippen MR) is 70.0 cm³/mol. The van der Waals surface area contributed by atoms with Gasteiger partial charge in [-0.25, -0.2) is 4.79 Å². The molecule has 22 heavy (non-hydrogen) atoms. The van der Waals surface area contributed by atoms with Crippen LogP contribution in [0.4, 0.5) is 5.69 Å². The average molecular weight is 310 g/mol. The van der Waals surface area contributed by atoms with E-state index in [0.717, 1.165) is 6.07 Å². The minimum absolute atomic E-state index is 0.0407. The Morgan fingerprint density at radius 2 is 2.18 bits per heavy atom. The van der Waals surface area contributed by atoms with Crippen LogP contribution in [0.25, 0.3) is 10.4 Å². The van der Waals surface area contributed by atoms with E-state index in [4.69, 9.17) is 15.4 Å². The molecule has 0 fully saturated rings. The van der Waals surface area contributed by atoms with Crippen LogP contribution < -0.4 is 4.74 Å². The molecule has 0 unspecified atom stereocenters. The van der Waals surface area contributed by atoms with E-state index in [1.807, 2.05) is 0 Å². The molecule has 0 saturated carbocycles. The molecular formula is C11H10N4O7. The first kappa shape index (κ1) is 16.7. The highest BCUT2D eigenvalue weighted by atomic mass is 16.9. The maximum absolute atomic E-state index is 11.5. The first-order chi connectivity index (χ1) is 10.4. The summed E-state index contributed by atoms with van der Waals surface area (Å²) >= 11 is 0. The number of hydrogen-bond acceptors (Lipinski definition) is 7. The van der Waals surface area contributed by atoms with Gasteiger partial charge >= 0.3 is 11.9 Å². The Morgan fingerprint density at radius 1 is 1.45 bits per heavy atom. The van der Waals surface area contributed by atoms with E-state index in [-0.39, 0.29) is 36.4 Å². The molecule has 11 nitrogen and oxygen atoms in total. The quantitative estimate of drug-likeness (QED) is 0.112. The fourth-order valence-electron chi connectivity index (χ4n) is 1.42. The third-order valence-corrected chi connectivity index (χ3v) is 2.30. The number of azide groups is 1. The van der Waals surface area contributed by atoms with Gasteiger partial charge in [0, 0.05) is 17.0 Å². The van der Waals surface area contributed by atoms with Gasteiger partial charge in [0.1, 0.15) is 11.3 Å². The minimum atomic E-state index is -1.37. The standard InChI is InChI=1S/C11H10N4O7/c12-14-13-7-3-4-9(8(6-7)11(17)18)22-10(16)2-1-5-21-15(19)20/h3-4,6H,1-2,5H2,(H,17,18). The number of ether oxygens (including phenoxy) is 1. The van der Waals surface area contributed by atoms with Crippen molar-refractivity contribution in [2.75, 3.05) is 6.61 Å². The maximum atomic E-state index is 11.5. The Morgan fingerprint density at radius 3 is 2.77 bits per heavy atom. The summed E-state index contributed by atoms with van der Waals surface area (Å²) in [5.74, 6) is -2.36. The van der Waals surface area contributed by atoms with E-state index >= 15 is 0 Å². The summed E-state index contributed by atoms with van der Waals surface area (Å²) in [6.07, 6.45) is -0.149. The summed E-state index contributed by atoms with van der Waals surface area (Å²) in [4.78, 5) is 39.0. The van der Waals surface area contributed by atoms with Gasteiger partial charge in [0.15, 0.2) is 0 Å². The van der Waals surface area contributed by atoms with E-state index < -0.39 is 17.0 Å². The van der Waals surface area contributed by atoms with Crippen molar-refractivity contribution < 1.29 is 29.4 Å². The first-order valence-corrected chi connectivity index (χ1v) is 5.84. The minimum Gasteiger partial charge on any atom is -0.478 e. The summed E-state index contributed by atoms with van der Waals surface area (Å²) < 4.78 is 4.87. The van der Waals surface area contributed by atoms with Crippen LogP contribution >= 0.6 is 0 Å². The Bertz CT molecular complexity index is 639. The van der Waals surface area contributed by atoms with Crippen molar-refractivity contribution in [2.45, 2.75) is 12.8 Å². The van der Waals surface area contributed by atoms with Crippen molar-refractivity contribution in [1.82, 2.24) is 0 Å². The lowest BCUT2D eigenvalue weighted by Gasteiger charge is -2.08. The molecule has 1 rings (SSSR count). The largest absolute Gasteiger partial charge is 0.478 e. The van der Waals surface area contributed by atoms with Gasteiger partial charge in [-0.15, -0.1) is 10.1 Å². The number of benzene rings is 1. The fraction of sp³-hybridized carbons (Fsp3) is 0.273. The normalized spacial score (nSPS) is 9.45. The molecule has 1 aromatic carbocycles. The van der Waals surface area contributed by atoms with Gasteiger partial charge in [-0.05, 0) is 30.2 Å². The van der Waals surface area contributed by atoms with E-state index in [0.29, 0.717) is 0 Å². The highest BCUT2D eigenvalue weighted by molar-refractivity contribution is 5.93. The van der Waals surface area contributed by atoms with Crippen LogP contribution in [0.2, 0.25) is 0 Å². The van der Waals surface area contributed by atoms with Gasteiger partial charge in [0.25, 0.3) is 5.09 Å². The molecule has 0 aliphatic rings.